The third-order valence-electron chi connectivity index (χ3n) is 2.41. The van der Waals surface area contributed by atoms with Gasteiger partial charge in [-0.25, -0.2) is 4.79 Å². The molecule has 6 nitrogen and oxygen atoms in total. The number of carboxylic acid groups (broad SMARTS) is 1. The Morgan fingerprint density at radius 2 is 2.05 bits per heavy atom. The van der Waals surface area contributed by atoms with Crippen molar-refractivity contribution in [3.63, 3.8) is 0 Å². The number of hydrogen-bond donors (Lipinski definition) is 3. The van der Waals surface area contributed by atoms with Gasteiger partial charge in [-0.2, -0.15) is 0 Å². The summed E-state index contributed by atoms with van der Waals surface area (Å²) >= 11 is 5.95. The average Bonchev–Trinajstić information content (AvgIpc) is 2.28. The highest BCUT2D eigenvalue weighted by atomic mass is 35.5. The topological polar surface area (TPSA) is 102 Å². The van der Waals surface area contributed by atoms with Crippen molar-refractivity contribution in [2.45, 2.75) is 25.8 Å². The lowest BCUT2D eigenvalue weighted by Gasteiger charge is -2.18. The molecule has 0 saturated heterocycles. The Kier molecular flexibility index (Phi) is 4.97. The summed E-state index contributed by atoms with van der Waals surface area (Å²) in [7, 11) is 1.34. The quantitative estimate of drug-likeness (QED) is 0.773. The summed E-state index contributed by atoms with van der Waals surface area (Å²) in [5.74, 6) is -1.36. The predicted molar refractivity (Wildman–Crippen MR) is 76.5 cm³/mol. The standard InChI is InChI=1S/C13H17ClN2O4/c1-13(2,15)6-11(17)16-9-5-10(20-3)7(12(18)19)4-8(9)14/h4-5H,6,15H2,1-3H3,(H,16,17)(H,18,19). The van der Waals surface area contributed by atoms with E-state index in [-0.39, 0.29) is 34.4 Å². The molecule has 7 heteroatoms. The Balaban J connectivity index is 3.02. The first-order valence-corrected chi connectivity index (χ1v) is 6.21. The third-order valence-corrected chi connectivity index (χ3v) is 2.72. The molecule has 4 N–H and O–H groups in total. The Morgan fingerprint density at radius 3 is 2.50 bits per heavy atom. The van der Waals surface area contributed by atoms with Crippen molar-refractivity contribution < 1.29 is 19.4 Å². The highest BCUT2D eigenvalue weighted by molar-refractivity contribution is 6.34. The van der Waals surface area contributed by atoms with Gasteiger partial charge in [0.05, 0.1) is 17.8 Å². The van der Waals surface area contributed by atoms with Crippen molar-refractivity contribution in [3.05, 3.63) is 22.7 Å². The lowest BCUT2D eigenvalue weighted by Crippen LogP contribution is -2.36. The van der Waals surface area contributed by atoms with Crippen molar-refractivity contribution in [3.8, 4) is 5.75 Å². The van der Waals surface area contributed by atoms with E-state index in [1.807, 2.05) is 0 Å². The van der Waals surface area contributed by atoms with Crippen LogP contribution in [0.25, 0.3) is 0 Å². The zero-order chi connectivity index (χ0) is 15.5. The first kappa shape index (κ1) is 16.3. The number of hydrogen-bond acceptors (Lipinski definition) is 4. The Labute approximate surface area is 121 Å². The lowest BCUT2D eigenvalue weighted by molar-refractivity contribution is -0.117. The minimum Gasteiger partial charge on any atom is -0.496 e. The van der Waals surface area contributed by atoms with Crippen LogP contribution in [0, 0.1) is 0 Å². The average molecular weight is 301 g/mol. The fourth-order valence-electron chi connectivity index (χ4n) is 1.59. The minimum atomic E-state index is -1.16. The fourth-order valence-corrected chi connectivity index (χ4v) is 1.80. The summed E-state index contributed by atoms with van der Waals surface area (Å²) in [6.45, 7) is 3.45. The van der Waals surface area contributed by atoms with Crippen LogP contribution in [-0.4, -0.2) is 29.6 Å². The van der Waals surface area contributed by atoms with Crippen LogP contribution in [-0.2, 0) is 4.79 Å². The molecule has 1 aromatic rings. The van der Waals surface area contributed by atoms with Crippen LogP contribution in [0.2, 0.25) is 5.02 Å². The number of halogens is 1. The molecule has 0 aliphatic heterocycles. The molecular weight excluding hydrogens is 284 g/mol. The molecular formula is C13H17ClN2O4. The molecule has 0 aliphatic carbocycles. The van der Waals surface area contributed by atoms with Crippen molar-refractivity contribution in [1.29, 1.82) is 0 Å². The Morgan fingerprint density at radius 1 is 1.45 bits per heavy atom. The van der Waals surface area contributed by atoms with Gasteiger partial charge in [0.1, 0.15) is 11.3 Å². The zero-order valence-electron chi connectivity index (χ0n) is 11.5. The van der Waals surface area contributed by atoms with E-state index >= 15 is 0 Å². The summed E-state index contributed by atoms with van der Waals surface area (Å²) in [5.41, 5.74) is 5.31. The summed E-state index contributed by atoms with van der Waals surface area (Å²) in [5, 5.41) is 11.7. The highest BCUT2D eigenvalue weighted by Gasteiger charge is 2.19. The molecule has 0 aromatic heterocycles. The monoisotopic (exact) mass is 300 g/mol. The molecule has 1 aromatic carbocycles. The highest BCUT2D eigenvalue weighted by Crippen LogP contribution is 2.31. The van der Waals surface area contributed by atoms with Crippen molar-refractivity contribution >= 4 is 29.2 Å². The molecule has 0 fully saturated rings. The molecule has 0 aliphatic rings. The predicted octanol–water partition coefficient (Wildman–Crippen LogP) is 2.11. The molecule has 0 heterocycles. The Bertz CT molecular complexity index is 538. The second kappa shape index (κ2) is 6.11. The number of methoxy groups -OCH3 is 1. The van der Waals surface area contributed by atoms with E-state index in [9.17, 15) is 9.59 Å². The molecule has 0 radical (unpaired) electrons. The van der Waals surface area contributed by atoms with Crippen molar-refractivity contribution in [2.75, 3.05) is 12.4 Å². The molecule has 110 valence electrons. The second-order valence-electron chi connectivity index (χ2n) is 5.05. The van der Waals surface area contributed by atoms with Crippen LogP contribution in [0.3, 0.4) is 0 Å². The van der Waals surface area contributed by atoms with Crippen LogP contribution in [0.4, 0.5) is 5.69 Å². The normalized spacial score (nSPS) is 11.1. The molecule has 20 heavy (non-hydrogen) atoms. The number of aromatic carboxylic acids is 1. The van der Waals surface area contributed by atoms with Crippen molar-refractivity contribution in [1.82, 2.24) is 0 Å². The number of carbonyl (C=O) groups is 2. The van der Waals surface area contributed by atoms with Gasteiger partial charge in [0, 0.05) is 18.0 Å². The number of ether oxygens (including phenoxy) is 1. The zero-order valence-corrected chi connectivity index (χ0v) is 12.2. The van der Waals surface area contributed by atoms with Gasteiger partial charge in [0.15, 0.2) is 0 Å². The maximum atomic E-state index is 11.8. The lowest BCUT2D eigenvalue weighted by atomic mass is 10.0. The molecule has 1 amide bonds. The van der Waals surface area contributed by atoms with E-state index in [0.29, 0.717) is 0 Å². The van der Waals surface area contributed by atoms with Gasteiger partial charge in [0.2, 0.25) is 5.91 Å². The van der Waals surface area contributed by atoms with Gasteiger partial charge in [-0.15, -0.1) is 0 Å². The van der Waals surface area contributed by atoms with E-state index in [0.717, 1.165) is 0 Å². The van der Waals surface area contributed by atoms with Gasteiger partial charge >= 0.3 is 5.97 Å². The maximum Gasteiger partial charge on any atom is 0.339 e. The summed E-state index contributed by atoms with van der Waals surface area (Å²) in [6.07, 6.45) is 0.103. The van der Waals surface area contributed by atoms with E-state index in [2.05, 4.69) is 5.32 Å². The third kappa shape index (κ3) is 4.40. The molecule has 1 rings (SSSR count). The van der Waals surface area contributed by atoms with Crippen molar-refractivity contribution in [2.24, 2.45) is 5.73 Å². The maximum absolute atomic E-state index is 11.8. The number of anilines is 1. The first-order valence-electron chi connectivity index (χ1n) is 5.83. The molecule has 0 spiro atoms. The summed E-state index contributed by atoms with van der Waals surface area (Å²) in [6, 6.07) is 2.60. The van der Waals surface area contributed by atoms with Crippen LogP contribution >= 0.6 is 11.6 Å². The van der Waals surface area contributed by atoms with Gasteiger partial charge in [-0.05, 0) is 19.9 Å². The molecule has 0 bridgehead atoms. The van der Waals surface area contributed by atoms with Gasteiger partial charge < -0.3 is 20.9 Å². The number of nitrogens with one attached hydrogen (secondary N) is 1. The molecule has 0 saturated carbocycles. The second-order valence-corrected chi connectivity index (χ2v) is 5.46. The van der Waals surface area contributed by atoms with Crippen LogP contribution in [0.1, 0.15) is 30.6 Å². The number of nitrogens with two attached hydrogens (primary N) is 1. The number of carbonyl (C=O) groups excluding carboxylic acids is 1. The van der Waals surface area contributed by atoms with Crippen LogP contribution < -0.4 is 15.8 Å². The van der Waals surface area contributed by atoms with Gasteiger partial charge in [-0.3, -0.25) is 4.79 Å². The summed E-state index contributed by atoms with van der Waals surface area (Å²) < 4.78 is 4.97. The number of rotatable bonds is 5. The molecule has 0 atom stereocenters. The van der Waals surface area contributed by atoms with E-state index in [1.165, 1.54) is 19.2 Å². The number of benzene rings is 1. The summed E-state index contributed by atoms with van der Waals surface area (Å²) in [4.78, 5) is 22.8. The van der Waals surface area contributed by atoms with E-state index in [1.54, 1.807) is 13.8 Å². The fraction of sp³-hybridized carbons (Fsp3) is 0.385. The van der Waals surface area contributed by atoms with Gasteiger partial charge in [-0.1, -0.05) is 11.6 Å². The van der Waals surface area contributed by atoms with Gasteiger partial charge in [0.25, 0.3) is 0 Å². The number of amides is 1. The largest absolute Gasteiger partial charge is 0.496 e. The minimum absolute atomic E-state index is 0.0744. The van der Waals surface area contributed by atoms with E-state index in [4.69, 9.17) is 27.2 Å². The van der Waals surface area contributed by atoms with Crippen LogP contribution in [0.15, 0.2) is 12.1 Å². The first-order chi connectivity index (χ1) is 9.14. The smallest absolute Gasteiger partial charge is 0.339 e. The SMILES string of the molecule is COc1cc(NC(=O)CC(C)(C)N)c(Cl)cc1C(=O)O. The van der Waals surface area contributed by atoms with Crippen LogP contribution in [0.5, 0.6) is 5.75 Å². The number of carboxylic acids is 1. The molecule has 0 unspecified atom stereocenters. The van der Waals surface area contributed by atoms with E-state index < -0.39 is 11.5 Å². The Hall–Kier alpha value is -1.79.